The molecule has 0 saturated carbocycles. The number of rotatable bonds is 5. The first-order chi connectivity index (χ1) is 10.1. The van der Waals surface area contributed by atoms with Crippen molar-refractivity contribution in [3.63, 3.8) is 0 Å². The summed E-state index contributed by atoms with van der Waals surface area (Å²) in [5.74, 6) is 0.131. The summed E-state index contributed by atoms with van der Waals surface area (Å²) in [4.78, 5) is 0. The Morgan fingerprint density at radius 2 is 1.95 bits per heavy atom. The molecule has 0 aliphatic carbocycles. The number of aliphatic hydroxyl groups is 1. The van der Waals surface area contributed by atoms with Crippen LogP contribution in [0, 0.1) is 5.82 Å². The van der Waals surface area contributed by atoms with Gasteiger partial charge in [-0.2, -0.15) is 0 Å². The molecule has 0 bridgehead atoms. The zero-order valence-corrected chi connectivity index (χ0v) is 12.7. The highest BCUT2D eigenvalue weighted by atomic mass is 35.5. The third-order valence-electron chi connectivity index (χ3n) is 2.88. The van der Waals surface area contributed by atoms with Gasteiger partial charge in [0, 0.05) is 5.56 Å². The fourth-order valence-electron chi connectivity index (χ4n) is 1.81. The van der Waals surface area contributed by atoms with Gasteiger partial charge in [-0.15, -0.1) is 0 Å². The molecule has 0 saturated heterocycles. The highest BCUT2D eigenvalue weighted by Crippen LogP contribution is 2.37. The van der Waals surface area contributed by atoms with Crippen molar-refractivity contribution in [3.05, 3.63) is 57.3 Å². The van der Waals surface area contributed by atoms with Crippen LogP contribution in [0.3, 0.4) is 0 Å². The van der Waals surface area contributed by atoms with Gasteiger partial charge in [0.1, 0.15) is 12.4 Å². The largest absolute Gasteiger partial charge is 0.493 e. The molecule has 0 atom stereocenters. The summed E-state index contributed by atoms with van der Waals surface area (Å²) in [6.07, 6.45) is 0. The maximum Gasteiger partial charge on any atom is 0.180 e. The Hall–Kier alpha value is -1.49. The SMILES string of the molecule is COc1cc(CO)cc(Cl)c1OCc1cccc(Cl)c1F. The van der Waals surface area contributed by atoms with Gasteiger partial charge in [0.05, 0.1) is 23.8 Å². The van der Waals surface area contributed by atoms with Gasteiger partial charge < -0.3 is 14.6 Å². The molecule has 0 heterocycles. The van der Waals surface area contributed by atoms with E-state index in [0.29, 0.717) is 16.9 Å². The minimum Gasteiger partial charge on any atom is -0.493 e. The van der Waals surface area contributed by atoms with E-state index in [9.17, 15) is 4.39 Å². The van der Waals surface area contributed by atoms with Crippen LogP contribution in [-0.4, -0.2) is 12.2 Å². The lowest BCUT2D eigenvalue weighted by molar-refractivity contribution is 0.272. The minimum atomic E-state index is -0.527. The number of hydrogen-bond acceptors (Lipinski definition) is 3. The Labute approximate surface area is 131 Å². The van der Waals surface area contributed by atoms with E-state index in [4.69, 9.17) is 37.8 Å². The molecule has 0 aromatic heterocycles. The Morgan fingerprint density at radius 1 is 1.19 bits per heavy atom. The smallest absolute Gasteiger partial charge is 0.180 e. The summed E-state index contributed by atoms with van der Waals surface area (Å²) in [6, 6.07) is 7.84. The molecule has 0 amide bonds. The average molecular weight is 331 g/mol. The highest BCUT2D eigenvalue weighted by Gasteiger charge is 2.14. The predicted octanol–water partition coefficient (Wildman–Crippen LogP) is 4.21. The average Bonchev–Trinajstić information content (AvgIpc) is 2.49. The summed E-state index contributed by atoms with van der Waals surface area (Å²) in [5, 5.41) is 9.44. The first-order valence-corrected chi connectivity index (χ1v) is 6.85. The van der Waals surface area contributed by atoms with Crippen molar-refractivity contribution in [2.24, 2.45) is 0 Å². The molecule has 0 aliphatic heterocycles. The summed E-state index contributed by atoms with van der Waals surface area (Å²) >= 11 is 11.8. The van der Waals surface area contributed by atoms with Crippen LogP contribution in [0.4, 0.5) is 4.39 Å². The first-order valence-electron chi connectivity index (χ1n) is 6.09. The fourth-order valence-corrected chi connectivity index (χ4v) is 2.30. The van der Waals surface area contributed by atoms with Gasteiger partial charge in [-0.1, -0.05) is 35.3 Å². The number of halogens is 3. The van der Waals surface area contributed by atoms with E-state index < -0.39 is 5.82 Å². The van der Waals surface area contributed by atoms with Gasteiger partial charge in [-0.05, 0) is 23.8 Å². The second kappa shape index (κ2) is 6.98. The molecular weight excluding hydrogens is 318 g/mol. The van der Waals surface area contributed by atoms with Crippen LogP contribution in [0.15, 0.2) is 30.3 Å². The topological polar surface area (TPSA) is 38.7 Å². The molecule has 2 rings (SSSR count). The van der Waals surface area contributed by atoms with Crippen molar-refractivity contribution in [2.45, 2.75) is 13.2 Å². The van der Waals surface area contributed by atoms with Crippen molar-refractivity contribution in [1.29, 1.82) is 0 Å². The van der Waals surface area contributed by atoms with Gasteiger partial charge in [-0.3, -0.25) is 0 Å². The molecule has 112 valence electrons. The monoisotopic (exact) mass is 330 g/mol. The summed E-state index contributed by atoms with van der Waals surface area (Å²) in [5.41, 5.74) is 0.907. The number of hydrogen-bond donors (Lipinski definition) is 1. The number of ether oxygens (including phenoxy) is 2. The van der Waals surface area contributed by atoms with E-state index in [1.807, 2.05) is 0 Å². The normalized spacial score (nSPS) is 10.5. The third-order valence-corrected chi connectivity index (χ3v) is 3.45. The maximum absolute atomic E-state index is 13.8. The second-order valence-corrected chi connectivity index (χ2v) is 5.08. The van der Waals surface area contributed by atoms with Crippen LogP contribution >= 0.6 is 23.2 Å². The van der Waals surface area contributed by atoms with Crippen LogP contribution in [0.1, 0.15) is 11.1 Å². The molecule has 0 spiro atoms. The van der Waals surface area contributed by atoms with Crippen LogP contribution in [0.25, 0.3) is 0 Å². The quantitative estimate of drug-likeness (QED) is 0.892. The summed E-state index contributed by atoms with van der Waals surface area (Å²) < 4.78 is 24.5. The second-order valence-electron chi connectivity index (χ2n) is 4.27. The lowest BCUT2D eigenvalue weighted by atomic mass is 10.2. The molecular formula is C15H13Cl2FO3. The van der Waals surface area contributed by atoms with Crippen molar-refractivity contribution in [3.8, 4) is 11.5 Å². The van der Waals surface area contributed by atoms with Crippen molar-refractivity contribution in [1.82, 2.24) is 0 Å². The first kappa shape index (κ1) is 15.9. The van der Waals surface area contributed by atoms with Gasteiger partial charge in [-0.25, -0.2) is 4.39 Å². The van der Waals surface area contributed by atoms with Crippen LogP contribution in [0.2, 0.25) is 10.0 Å². The van der Waals surface area contributed by atoms with E-state index >= 15 is 0 Å². The highest BCUT2D eigenvalue weighted by molar-refractivity contribution is 6.32. The number of aliphatic hydroxyl groups excluding tert-OH is 1. The van der Waals surface area contributed by atoms with Crippen LogP contribution < -0.4 is 9.47 Å². The Balaban J connectivity index is 2.25. The Kier molecular flexibility index (Phi) is 5.28. The lowest BCUT2D eigenvalue weighted by Gasteiger charge is -2.14. The molecule has 1 N–H and O–H groups in total. The zero-order valence-electron chi connectivity index (χ0n) is 11.2. The fraction of sp³-hybridized carbons (Fsp3) is 0.200. The number of methoxy groups -OCH3 is 1. The van der Waals surface area contributed by atoms with E-state index in [2.05, 4.69) is 0 Å². The van der Waals surface area contributed by atoms with E-state index in [-0.39, 0.29) is 29.0 Å². The molecule has 2 aromatic rings. The molecule has 2 aromatic carbocycles. The van der Waals surface area contributed by atoms with Gasteiger partial charge in [0.2, 0.25) is 0 Å². The molecule has 0 radical (unpaired) electrons. The van der Waals surface area contributed by atoms with E-state index in [0.717, 1.165) is 0 Å². The van der Waals surface area contributed by atoms with Crippen molar-refractivity contribution in [2.75, 3.05) is 7.11 Å². The van der Waals surface area contributed by atoms with Crippen molar-refractivity contribution >= 4 is 23.2 Å². The Bertz CT molecular complexity index is 647. The molecule has 0 unspecified atom stereocenters. The Morgan fingerprint density at radius 3 is 2.62 bits per heavy atom. The maximum atomic E-state index is 13.8. The third kappa shape index (κ3) is 3.59. The van der Waals surface area contributed by atoms with Gasteiger partial charge in [0.25, 0.3) is 0 Å². The number of benzene rings is 2. The van der Waals surface area contributed by atoms with Crippen molar-refractivity contribution < 1.29 is 19.0 Å². The molecule has 0 aliphatic rings. The minimum absolute atomic E-state index is 0.0322. The lowest BCUT2D eigenvalue weighted by Crippen LogP contribution is -2.01. The zero-order chi connectivity index (χ0) is 15.4. The predicted molar refractivity (Wildman–Crippen MR) is 79.7 cm³/mol. The molecule has 3 nitrogen and oxygen atoms in total. The molecule has 0 fully saturated rings. The van der Waals surface area contributed by atoms with Gasteiger partial charge in [0.15, 0.2) is 11.5 Å². The summed E-state index contributed by atoms with van der Waals surface area (Å²) in [6.45, 7) is -0.208. The van der Waals surface area contributed by atoms with E-state index in [1.54, 1.807) is 24.3 Å². The molecule has 21 heavy (non-hydrogen) atoms. The summed E-state index contributed by atoms with van der Waals surface area (Å²) in [7, 11) is 1.46. The van der Waals surface area contributed by atoms with Gasteiger partial charge >= 0.3 is 0 Å². The molecule has 6 heteroatoms. The standard InChI is InChI=1S/C15H13Cl2FO3/c1-20-13-6-9(7-19)5-12(17)15(13)21-8-10-3-2-4-11(16)14(10)18/h2-6,19H,7-8H2,1H3. The van der Waals surface area contributed by atoms with E-state index in [1.165, 1.54) is 13.2 Å². The van der Waals surface area contributed by atoms with Crippen LogP contribution in [-0.2, 0) is 13.2 Å². The van der Waals surface area contributed by atoms with Crippen LogP contribution in [0.5, 0.6) is 11.5 Å².